The highest BCUT2D eigenvalue weighted by Crippen LogP contribution is 2.25. The van der Waals surface area contributed by atoms with Gasteiger partial charge in [0.1, 0.15) is 11.6 Å². The van der Waals surface area contributed by atoms with E-state index in [-0.39, 0.29) is 23.7 Å². The number of ketones is 1. The van der Waals surface area contributed by atoms with E-state index in [2.05, 4.69) is 43.2 Å². The van der Waals surface area contributed by atoms with Gasteiger partial charge in [0.2, 0.25) is 5.91 Å². The fourth-order valence-electron chi connectivity index (χ4n) is 4.03. The van der Waals surface area contributed by atoms with Gasteiger partial charge in [-0.2, -0.15) is 0 Å². The molecule has 1 amide bonds. The van der Waals surface area contributed by atoms with Gasteiger partial charge in [0.25, 0.3) is 0 Å². The van der Waals surface area contributed by atoms with Crippen LogP contribution in [0.15, 0.2) is 34.9 Å². The molecule has 0 radical (unpaired) electrons. The Labute approximate surface area is 193 Å². The predicted molar refractivity (Wildman–Crippen MR) is 127 cm³/mol. The molecule has 1 aromatic carbocycles. The predicted octanol–water partition coefficient (Wildman–Crippen LogP) is 4.88. The minimum absolute atomic E-state index is 0.0670. The molecule has 2 aromatic rings. The van der Waals surface area contributed by atoms with Gasteiger partial charge in [-0.3, -0.25) is 4.79 Å². The summed E-state index contributed by atoms with van der Waals surface area (Å²) in [6.45, 7) is 3.56. The Balaban J connectivity index is 1.66. The second kappa shape index (κ2) is 11.6. The molecule has 0 bridgehead atoms. The average molecular weight is 489 g/mol. The van der Waals surface area contributed by atoms with Gasteiger partial charge >= 0.3 is 0 Å². The van der Waals surface area contributed by atoms with Gasteiger partial charge in [-0.05, 0) is 70.4 Å². The van der Waals surface area contributed by atoms with Crippen molar-refractivity contribution in [1.82, 2.24) is 20.2 Å². The normalized spacial score (nSPS) is 16.2. The van der Waals surface area contributed by atoms with E-state index < -0.39 is 0 Å². The molecule has 1 aliphatic rings. The number of imidazole rings is 1. The maximum atomic E-state index is 13.0. The molecule has 1 unspecified atom stereocenters. The van der Waals surface area contributed by atoms with E-state index in [1.165, 1.54) is 0 Å². The van der Waals surface area contributed by atoms with Crippen molar-refractivity contribution in [2.24, 2.45) is 5.92 Å². The fraction of sp³-hybridized carbons (Fsp3) is 0.542. The van der Waals surface area contributed by atoms with Crippen LogP contribution in [0.2, 0.25) is 0 Å². The number of aromatic amines is 1. The second-order valence-electron chi connectivity index (χ2n) is 8.63. The number of likely N-dealkylation sites (tertiary alicyclic amines) is 1. The number of rotatable bonds is 10. The smallest absolute Gasteiger partial charge is 0.223 e. The first-order chi connectivity index (χ1) is 14.9. The van der Waals surface area contributed by atoms with Crippen molar-refractivity contribution < 1.29 is 9.59 Å². The summed E-state index contributed by atoms with van der Waals surface area (Å²) in [5, 5.41) is 3.27. The number of halogens is 1. The standard InChI is InChI=1S/C24H33BrN4O2/c1-17(30)6-4-3-5-7-21(28-24(31)19-12-14-29(2)15-13-19)23-26-16-22(27-23)18-8-10-20(25)11-9-18/h8-11,16,19,21H,3-7,12-15H2,1-2H3,(H,26,27)(H,28,31). The van der Waals surface area contributed by atoms with Gasteiger partial charge in [-0.25, -0.2) is 4.98 Å². The van der Waals surface area contributed by atoms with Crippen LogP contribution in [0, 0.1) is 5.92 Å². The summed E-state index contributed by atoms with van der Waals surface area (Å²) in [6.07, 6.45) is 7.88. The molecule has 2 N–H and O–H groups in total. The number of hydrogen-bond donors (Lipinski definition) is 2. The molecular formula is C24H33BrN4O2. The molecular weight excluding hydrogens is 456 g/mol. The molecule has 1 fully saturated rings. The lowest BCUT2D eigenvalue weighted by atomic mass is 9.95. The number of piperidine rings is 1. The van der Waals surface area contributed by atoms with E-state index >= 15 is 0 Å². The van der Waals surface area contributed by atoms with Crippen LogP contribution in [0.4, 0.5) is 0 Å². The summed E-state index contributed by atoms with van der Waals surface area (Å²) in [4.78, 5) is 34.4. The third-order valence-electron chi connectivity index (χ3n) is 6.01. The first-order valence-corrected chi connectivity index (χ1v) is 12.0. The molecule has 0 saturated carbocycles. The lowest BCUT2D eigenvalue weighted by Crippen LogP contribution is -2.40. The topological polar surface area (TPSA) is 78.1 Å². The van der Waals surface area contributed by atoms with Crippen molar-refractivity contribution in [3.63, 3.8) is 0 Å². The first kappa shape index (κ1) is 23.7. The molecule has 1 aliphatic heterocycles. The molecule has 31 heavy (non-hydrogen) atoms. The zero-order chi connectivity index (χ0) is 22.2. The highest BCUT2D eigenvalue weighted by atomic mass is 79.9. The number of Topliss-reactive ketones (excluding diaryl/α,β-unsaturated/α-hetero) is 1. The Morgan fingerprint density at radius 3 is 2.58 bits per heavy atom. The molecule has 1 atom stereocenters. The fourth-order valence-corrected chi connectivity index (χ4v) is 4.29. The largest absolute Gasteiger partial charge is 0.346 e. The summed E-state index contributed by atoms with van der Waals surface area (Å²) in [5.74, 6) is 1.23. The SMILES string of the molecule is CC(=O)CCCCCC(NC(=O)C1CCN(C)CC1)c1ncc(-c2ccc(Br)cc2)[nH]1. The van der Waals surface area contributed by atoms with E-state index in [1.54, 1.807) is 6.92 Å². The zero-order valence-corrected chi connectivity index (χ0v) is 20.1. The number of nitrogens with one attached hydrogen (secondary N) is 2. The van der Waals surface area contributed by atoms with Gasteiger partial charge < -0.3 is 20.0 Å². The Kier molecular flexibility index (Phi) is 8.84. The molecule has 0 aliphatic carbocycles. The third-order valence-corrected chi connectivity index (χ3v) is 6.54. The third kappa shape index (κ3) is 7.28. The highest BCUT2D eigenvalue weighted by molar-refractivity contribution is 9.10. The molecule has 1 saturated heterocycles. The zero-order valence-electron chi connectivity index (χ0n) is 18.5. The summed E-state index contributed by atoms with van der Waals surface area (Å²) in [6, 6.07) is 7.94. The summed E-state index contributed by atoms with van der Waals surface area (Å²) >= 11 is 3.47. The van der Waals surface area contributed by atoms with Crippen LogP contribution in [-0.4, -0.2) is 46.7 Å². The van der Waals surface area contributed by atoms with Crippen LogP contribution < -0.4 is 5.32 Å². The minimum atomic E-state index is -0.145. The van der Waals surface area contributed by atoms with Crippen LogP contribution in [0.3, 0.4) is 0 Å². The Hall–Kier alpha value is -1.99. The van der Waals surface area contributed by atoms with Crippen LogP contribution in [0.5, 0.6) is 0 Å². The molecule has 0 spiro atoms. The number of benzene rings is 1. The van der Waals surface area contributed by atoms with Crippen LogP contribution in [0.25, 0.3) is 11.3 Å². The van der Waals surface area contributed by atoms with E-state index in [0.29, 0.717) is 6.42 Å². The Morgan fingerprint density at radius 2 is 1.90 bits per heavy atom. The maximum absolute atomic E-state index is 13.0. The number of amides is 1. The number of nitrogens with zero attached hydrogens (tertiary/aromatic N) is 2. The molecule has 168 valence electrons. The summed E-state index contributed by atoms with van der Waals surface area (Å²) in [5.41, 5.74) is 2.00. The van der Waals surface area contributed by atoms with Crippen molar-refractivity contribution >= 4 is 27.6 Å². The van der Waals surface area contributed by atoms with Gasteiger partial charge in [-0.15, -0.1) is 0 Å². The maximum Gasteiger partial charge on any atom is 0.223 e. The quantitative estimate of drug-likeness (QED) is 0.467. The number of carbonyl (C=O) groups is 2. The van der Waals surface area contributed by atoms with E-state index in [4.69, 9.17) is 0 Å². The summed E-state index contributed by atoms with van der Waals surface area (Å²) < 4.78 is 1.03. The highest BCUT2D eigenvalue weighted by Gasteiger charge is 2.26. The van der Waals surface area contributed by atoms with Crippen molar-refractivity contribution in [2.45, 2.75) is 57.9 Å². The number of aromatic nitrogens is 2. The Bertz CT molecular complexity index is 857. The van der Waals surface area contributed by atoms with Crippen LogP contribution >= 0.6 is 15.9 Å². The van der Waals surface area contributed by atoms with E-state index in [1.807, 2.05) is 30.5 Å². The monoisotopic (exact) mass is 488 g/mol. The summed E-state index contributed by atoms with van der Waals surface area (Å²) in [7, 11) is 2.10. The minimum Gasteiger partial charge on any atom is -0.346 e. The molecule has 7 heteroatoms. The molecule has 6 nitrogen and oxygen atoms in total. The number of hydrogen-bond acceptors (Lipinski definition) is 4. The second-order valence-corrected chi connectivity index (χ2v) is 9.54. The van der Waals surface area contributed by atoms with Gasteiger partial charge in [-0.1, -0.05) is 40.9 Å². The Morgan fingerprint density at radius 1 is 1.19 bits per heavy atom. The van der Waals surface area contributed by atoms with Crippen LogP contribution in [-0.2, 0) is 9.59 Å². The van der Waals surface area contributed by atoms with Crippen molar-refractivity contribution in [2.75, 3.05) is 20.1 Å². The van der Waals surface area contributed by atoms with Crippen molar-refractivity contribution in [3.05, 3.63) is 40.8 Å². The van der Waals surface area contributed by atoms with E-state index in [0.717, 1.165) is 73.2 Å². The van der Waals surface area contributed by atoms with Crippen molar-refractivity contribution in [3.8, 4) is 11.3 Å². The first-order valence-electron chi connectivity index (χ1n) is 11.2. The van der Waals surface area contributed by atoms with Crippen LogP contribution in [0.1, 0.15) is 63.7 Å². The lowest BCUT2D eigenvalue weighted by Gasteiger charge is -2.29. The van der Waals surface area contributed by atoms with Crippen molar-refractivity contribution in [1.29, 1.82) is 0 Å². The average Bonchev–Trinajstić information content (AvgIpc) is 3.23. The van der Waals surface area contributed by atoms with Gasteiger partial charge in [0, 0.05) is 16.8 Å². The molecule has 3 rings (SSSR count). The van der Waals surface area contributed by atoms with Gasteiger partial charge in [0.15, 0.2) is 0 Å². The molecule has 1 aromatic heterocycles. The van der Waals surface area contributed by atoms with E-state index in [9.17, 15) is 9.59 Å². The van der Waals surface area contributed by atoms with Gasteiger partial charge in [0.05, 0.1) is 17.9 Å². The number of H-pyrrole nitrogens is 1. The molecule has 2 heterocycles. The number of unbranched alkanes of at least 4 members (excludes halogenated alkanes) is 2. The number of carbonyl (C=O) groups excluding carboxylic acids is 2. The lowest BCUT2D eigenvalue weighted by molar-refractivity contribution is -0.127.